The molecule has 4 heteroatoms. The van der Waals surface area contributed by atoms with E-state index >= 15 is 0 Å². The van der Waals surface area contributed by atoms with Crippen LogP contribution in [0.3, 0.4) is 0 Å². The van der Waals surface area contributed by atoms with Crippen molar-refractivity contribution >= 4 is 22.8 Å². The number of aliphatic imine (C=N–C) groups is 2. The molecule has 2 heterocycles. The van der Waals surface area contributed by atoms with Crippen molar-refractivity contribution in [2.75, 3.05) is 0 Å². The third kappa shape index (κ3) is 2.07. The Hall–Kier alpha value is -2.56. The first-order valence-electron chi connectivity index (χ1n) is 7.81. The molecule has 0 radical (unpaired) electrons. The van der Waals surface area contributed by atoms with Crippen molar-refractivity contribution in [2.24, 2.45) is 21.7 Å². The lowest BCUT2D eigenvalue weighted by Crippen LogP contribution is -2.53. The number of rotatable bonds is 2. The number of benzene rings is 2. The van der Waals surface area contributed by atoms with Gasteiger partial charge >= 0.3 is 0 Å². The zero-order chi connectivity index (χ0) is 16.0. The number of hydrogen-bond donors (Lipinski definition) is 1. The Morgan fingerprint density at radius 1 is 1.04 bits per heavy atom. The molecule has 1 atom stereocenters. The van der Waals surface area contributed by atoms with E-state index in [1.807, 2.05) is 24.5 Å². The number of allylic oxidation sites excluding steroid dienone is 2. The number of hydrogen-bond acceptors (Lipinski definition) is 3. The number of nitrogens with two attached hydrogens (primary N) is 1. The molecule has 2 aromatic carbocycles. The van der Waals surface area contributed by atoms with Gasteiger partial charge in [-0.3, -0.25) is 4.99 Å². The van der Waals surface area contributed by atoms with Gasteiger partial charge in [0, 0.05) is 5.92 Å². The molecule has 0 saturated heterocycles. The summed E-state index contributed by atoms with van der Waals surface area (Å²) in [6, 6.07) is 14.7. The van der Waals surface area contributed by atoms with Gasteiger partial charge in [0.1, 0.15) is 11.9 Å². The van der Waals surface area contributed by atoms with Crippen molar-refractivity contribution in [3.63, 3.8) is 0 Å². The second-order valence-electron chi connectivity index (χ2n) is 6.28. The summed E-state index contributed by atoms with van der Waals surface area (Å²) in [5.74, 6) is 7.82. The van der Waals surface area contributed by atoms with Crippen LogP contribution < -0.4 is 5.84 Å². The Bertz CT molecular complexity index is 918. The van der Waals surface area contributed by atoms with Crippen molar-refractivity contribution in [3.05, 3.63) is 71.8 Å². The van der Waals surface area contributed by atoms with Crippen LogP contribution in [0, 0.1) is 5.92 Å². The van der Waals surface area contributed by atoms with E-state index in [-0.39, 0.29) is 4.59 Å². The minimum atomic E-state index is 0.0926. The largest absolute Gasteiger partial charge is 0.264 e. The van der Waals surface area contributed by atoms with Crippen LogP contribution in [0.5, 0.6) is 0 Å². The summed E-state index contributed by atoms with van der Waals surface area (Å²) in [4.78, 5) is 9.13. The van der Waals surface area contributed by atoms with E-state index in [1.165, 1.54) is 10.8 Å². The number of fused-ring (bicyclic) bond motifs is 2. The van der Waals surface area contributed by atoms with Gasteiger partial charge in [-0.05, 0) is 22.9 Å². The highest BCUT2D eigenvalue weighted by Crippen LogP contribution is 2.34. The van der Waals surface area contributed by atoms with Gasteiger partial charge in [0.2, 0.25) is 5.70 Å². The second-order valence-corrected chi connectivity index (χ2v) is 6.28. The first-order valence-corrected chi connectivity index (χ1v) is 7.81. The lowest BCUT2D eigenvalue weighted by Gasteiger charge is -2.26. The summed E-state index contributed by atoms with van der Waals surface area (Å²) in [5.41, 5.74) is 2.99. The fourth-order valence-corrected chi connectivity index (χ4v) is 3.16. The number of quaternary nitrogens is 1. The highest BCUT2D eigenvalue weighted by atomic mass is 15.6. The van der Waals surface area contributed by atoms with Crippen LogP contribution in [0.1, 0.15) is 19.4 Å². The first kappa shape index (κ1) is 14.1. The van der Waals surface area contributed by atoms with E-state index in [1.54, 1.807) is 6.20 Å². The monoisotopic (exact) mass is 303 g/mol. The van der Waals surface area contributed by atoms with Crippen LogP contribution >= 0.6 is 0 Å². The molecule has 114 valence electrons. The topological polar surface area (TPSA) is 50.7 Å². The van der Waals surface area contributed by atoms with Crippen molar-refractivity contribution in [1.82, 2.24) is 0 Å². The minimum Gasteiger partial charge on any atom is -0.253 e. The summed E-state index contributed by atoms with van der Waals surface area (Å²) in [5, 5.41) is 2.40. The summed E-state index contributed by atoms with van der Waals surface area (Å²) < 4.78 is 0.0926. The van der Waals surface area contributed by atoms with Crippen molar-refractivity contribution < 1.29 is 4.59 Å². The van der Waals surface area contributed by atoms with Gasteiger partial charge in [0.05, 0.1) is 18.0 Å². The molecule has 1 unspecified atom stereocenters. The maximum absolute atomic E-state index is 6.68. The van der Waals surface area contributed by atoms with Gasteiger partial charge in [0.15, 0.2) is 0 Å². The molecule has 0 bridgehead atoms. The summed E-state index contributed by atoms with van der Waals surface area (Å²) in [6.07, 6.45) is 5.45. The van der Waals surface area contributed by atoms with Gasteiger partial charge < -0.3 is 0 Å². The molecule has 2 aliphatic heterocycles. The maximum atomic E-state index is 6.68. The molecule has 0 aliphatic carbocycles. The van der Waals surface area contributed by atoms with Gasteiger partial charge in [-0.25, -0.2) is 0 Å². The average Bonchev–Trinajstić information content (AvgIpc) is 2.87. The number of amidine groups is 1. The molecule has 0 amide bonds. The second kappa shape index (κ2) is 4.98. The Labute approximate surface area is 135 Å². The maximum Gasteiger partial charge on any atom is 0.264 e. The lowest BCUT2D eigenvalue weighted by atomic mass is 10.1. The van der Waals surface area contributed by atoms with Gasteiger partial charge in [-0.15, -0.1) is 4.59 Å². The van der Waals surface area contributed by atoms with E-state index in [0.29, 0.717) is 5.92 Å². The predicted molar refractivity (Wildman–Crippen MR) is 94.4 cm³/mol. The quantitative estimate of drug-likeness (QED) is 0.667. The summed E-state index contributed by atoms with van der Waals surface area (Å²) >= 11 is 0. The van der Waals surface area contributed by atoms with Gasteiger partial charge in [-0.1, -0.05) is 44.2 Å². The average molecular weight is 303 g/mol. The van der Waals surface area contributed by atoms with E-state index in [0.717, 1.165) is 22.8 Å². The van der Waals surface area contributed by atoms with Crippen LogP contribution in [-0.4, -0.2) is 16.6 Å². The molecule has 0 saturated carbocycles. The van der Waals surface area contributed by atoms with Crippen molar-refractivity contribution in [1.29, 1.82) is 0 Å². The van der Waals surface area contributed by atoms with E-state index in [2.05, 4.69) is 49.2 Å². The Kier molecular flexibility index (Phi) is 3.04. The lowest BCUT2D eigenvalue weighted by molar-refractivity contribution is -0.750. The fourth-order valence-electron chi connectivity index (χ4n) is 3.16. The molecule has 4 nitrogen and oxygen atoms in total. The molecule has 2 aromatic rings. The van der Waals surface area contributed by atoms with Gasteiger partial charge in [0.25, 0.3) is 5.84 Å². The molecular formula is C19H19N4+. The molecule has 4 rings (SSSR count). The molecule has 2 aliphatic rings. The molecular weight excluding hydrogens is 284 g/mol. The zero-order valence-electron chi connectivity index (χ0n) is 13.3. The van der Waals surface area contributed by atoms with Crippen LogP contribution in [-0.2, 0) is 0 Å². The highest BCUT2D eigenvalue weighted by molar-refractivity contribution is 6.02. The van der Waals surface area contributed by atoms with Crippen LogP contribution in [0.15, 0.2) is 76.2 Å². The fraction of sp³-hybridized carbons (Fsp3) is 0.158. The van der Waals surface area contributed by atoms with E-state index in [9.17, 15) is 0 Å². The normalized spacial score (nSPS) is 22.9. The van der Waals surface area contributed by atoms with Crippen molar-refractivity contribution in [3.8, 4) is 0 Å². The molecule has 0 fully saturated rings. The van der Waals surface area contributed by atoms with Crippen molar-refractivity contribution in [2.45, 2.75) is 13.8 Å². The van der Waals surface area contributed by atoms with Gasteiger partial charge in [-0.2, -0.15) is 10.8 Å². The first-order chi connectivity index (χ1) is 11.1. The van der Waals surface area contributed by atoms with Crippen LogP contribution in [0.4, 0.5) is 0 Å². The molecule has 23 heavy (non-hydrogen) atoms. The Balaban J connectivity index is 1.89. The van der Waals surface area contributed by atoms with E-state index < -0.39 is 0 Å². The minimum absolute atomic E-state index is 0.0926. The summed E-state index contributed by atoms with van der Waals surface area (Å²) in [7, 11) is 0. The smallest absolute Gasteiger partial charge is 0.253 e. The van der Waals surface area contributed by atoms with Crippen LogP contribution in [0.25, 0.3) is 10.8 Å². The Morgan fingerprint density at radius 3 is 2.61 bits per heavy atom. The number of nitrogens with zero attached hydrogens (tertiary/aromatic N) is 3. The summed E-state index contributed by atoms with van der Waals surface area (Å²) in [6.45, 7) is 4.26. The standard InChI is InChI=1S/C19H19N4/c1-13(2)18-17-12-21-9-10-23(17,20)19(22-18)16-8-7-14-5-3-4-6-15(14)11-16/h3-13H,20H2,1-2H3/q+1. The van der Waals surface area contributed by atoms with E-state index in [4.69, 9.17) is 10.8 Å². The SMILES string of the molecule is CC(C)C1=C2C=NC=C[N+]2(N)C(c2ccc3ccccc3c2)=N1. The molecule has 0 aromatic heterocycles. The molecule has 0 spiro atoms. The highest BCUT2D eigenvalue weighted by Gasteiger charge is 2.44. The zero-order valence-corrected chi connectivity index (χ0v) is 13.3. The predicted octanol–water partition coefficient (Wildman–Crippen LogP) is 3.71. The Morgan fingerprint density at radius 2 is 1.83 bits per heavy atom. The van der Waals surface area contributed by atoms with Crippen LogP contribution in [0.2, 0.25) is 0 Å². The molecule has 2 N–H and O–H groups in total. The third-order valence-electron chi connectivity index (χ3n) is 4.38. The third-order valence-corrected chi connectivity index (χ3v) is 4.38.